The van der Waals surface area contributed by atoms with Gasteiger partial charge in [0, 0.05) is 23.2 Å². The van der Waals surface area contributed by atoms with Crippen LogP contribution >= 0.6 is 11.6 Å². The van der Waals surface area contributed by atoms with Gasteiger partial charge in [0.15, 0.2) is 0 Å². The number of fused-ring (bicyclic) bond motifs is 1. The summed E-state index contributed by atoms with van der Waals surface area (Å²) in [5, 5.41) is 9.61. The highest BCUT2D eigenvalue weighted by molar-refractivity contribution is 6.30. The molecule has 2 heterocycles. The van der Waals surface area contributed by atoms with Crippen LogP contribution in [0.5, 0.6) is 0 Å². The van der Waals surface area contributed by atoms with Crippen LogP contribution in [0.15, 0.2) is 36.5 Å². The smallest absolute Gasteiger partial charge is 0.134 e. The van der Waals surface area contributed by atoms with Gasteiger partial charge in [-0.15, -0.1) is 0 Å². The number of hydrogen-bond donors (Lipinski definition) is 1. The second-order valence-corrected chi connectivity index (χ2v) is 6.41. The first-order valence-electron chi connectivity index (χ1n) is 7.76. The van der Waals surface area contributed by atoms with Crippen LogP contribution in [0.4, 0.5) is 8.78 Å². The average molecular weight is 346 g/mol. The Balaban J connectivity index is 2.09. The van der Waals surface area contributed by atoms with Gasteiger partial charge < -0.3 is 4.57 Å². The molecule has 0 amide bonds. The predicted molar refractivity (Wildman–Crippen MR) is 88.8 cm³/mol. The molecule has 1 fully saturated rings. The topological polar surface area (TPSA) is 41.7 Å². The second-order valence-electron chi connectivity index (χ2n) is 6.02. The maximum Gasteiger partial charge on any atom is 0.134 e. The first kappa shape index (κ1) is 15.3. The number of hydrogen-bond acceptors (Lipinski definition) is 2. The molecule has 1 aromatic carbocycles. The maximum atomic E-state index is 14.2. The number of aromatic nitrogens is 2. The third-order valence-electron chi connectivity index (χ3n) is 4.61. The molecule has 3 aromatic rings. The van der Waals surface area contributed by atoms with Crippen molar-refractivity contribution >= 4 is 22.5 Å². The maximum absolute atomic E-state index is 14.2. The molecule has 122 valence electrons. The van der Waals surface area contributed by atoms with E-state index in [0.29, 0.717) is 10.5 Å². The van der Waals surface area contributed by atoms with Gasteiger partial charge in [-0.1, -0.05) is 17.7 Å². The molecule has 1 saturated carbocycles. The molecule has 1 aliphatic rings. The lowest BCUT2D eigenvalue weighted by molar-refractivity contribution is 0.312. The van der Waals surface area contributed by atoms with E-state index in [4.69, 9.17) is 17.0 Å². The molecule has 1 aliphatic carbocycles. The molecule has 4 rings (SSSR count). The molecule has 0 radical (unpaired) electrons. The van der Waals surface area contributed by atoms with Crippen LogP contribution in [0.1, 0.15) is 25.3 Å². The van der Waals surface area contributed by atoms with E-state index in [2.05, 4.69) is 4.98 Å². The Labute approximate surface area is 142 Å². The molecule has 0 aliphatic heterocycles. The van der Waals surface area contributed by atoms with E-state index < -0.39 is 11.6 Å². The molecule has 0 saturated heterocycles. The summed E-state index contributed by atoms with van der Waals surface area (Å²) in [6.07, 6.45) is 4.54. The molecule has 2 aromatic heterocycles. The van der Waals surface area contributed by atoms with Gasteiger partial charge in [0.2, 0.25) is 0 Å². The summed E-state index contributed by atoms with van der Waals surface area (Å²) in [4.78, 5) is 4.06. The van der Waals surface area contributed by atoms with Crippen molar-refractivity contribution in [3.63, 3.8) is 0 Å². The molecule has 6 heteroatoms. The van der Waals surface area contributed by atoms with Gasteiger partial charge in [0.25, 0.3) is 0 Å². The zero-order valence-corrected chi connectivity index (χ0v) is 13.4. The second kappa shape index (κ2) is 5.67. The van der Waals surface area contributed by atoms with Crippen LogP contribution in [-0.2, 0) is 0 Å². The summed E-state index contributed by atoms with van der Waals surface area (Å²) in [6.45, 7) is 0. The number of nitrogens with one attached hydrogen (secondary N) is 1. The lowest BCUT2D eigenvalue weighted by atomic mass is 9.91. The van der Waals surface area contributed by atoms with Crippen LogP contribution in [0.2, 0.25) is 5.15 Å². The standard InChI is InChI=1S/C18H14ClF2N3/c19-16-8-15-10(9-23-16)7-12(17-13(20)5-2-6-14(17)21)18(22)24(15)11-3-1-4-11/h2,5-9,11,22H,1,3-4H2. The minimum Gasteiger partial charge on any atom is -0.323 e. The highest BCUT2D eigenvalue weighted by Gasteiger charge is 2.24. The molecular weight excluding hydrogens is 332 g/mol. The van der Waals surface area contributed by atoms with Gasteiger partial charge in [0.1, 0.15) is 22.3 Å². The van der Waals surface area contributed by atoms with E-state index in [1.54, 1.807) is 18.3 Å². The van der Waals surface area contributed by atoms with E-state index in [-0.39, 0.29) is 22.7 Å². The van der Waals surface area contributed by atoms with Gasteiger partial charge in [0.05, 0.1) is 11.1 Å². The van der Waals surface area contributed by atoms with Crippen molar-refractivity contribution in [1.82, 2.24) is 9.55 Å². The average Bonchev–Trinajstić information content (AvgIpc) is 2.49. The predicted octanol–water partition coefficient (Wildman–Crippen LogP) is 4.84. The van der Waals surface area contributed by atoms with Gasteiger partial charge in [-0.2, -0.15) is 0 Å². The van der Waals surface area contributed by atoms with E-state index >= 15 is 0 Å². The van der Waals surface area contributed by atoms with E-state index in [1.165, 1.54) is 18.2 Å². The summed E-state index contributed by atoms with van der Waals surface area (Å²) in [5.74, 6) is -1.35. The van der Waals surface area contributed by atoms with Crippen molar-refractivity contribution < 1.29 is 8.78 Å². The Bertz CT molecular complexity index is 989. The highest BCUT2D eigenvalue weighted by atomic mass is 35.5. The van der Waals surface area contributed by atoms with Crippen LogP contribution in [0.25, 0.3) is 22.0 Å². The fourth-order valence-electron chi connectivity index (χ4n) is 3.19. The summed E-state index contributed by atoms with van der Waals surface area (Å²) in [5.41, 5.74) is 0.921. The quantitative estimate of drug-likeness (QED) is 0.663. The largest absolute Gasteiger partial charge is 0.323 e. The molecular formula is C18H14ClF2N3. The SMILES string of the molecule is N=c1c(-c2c(F)cccc2F)cc2cnc(Cl)cc2n1C1CCC1. The first-order valence-corrected chi connectivity index (χ1v) is 8.14. The fourth-order valence-corrected chi connectivity index (χ4v) is 3.35. The Hall–Kier alpha value is -2.27. The Kier molecular flexibility index (Phi) is 3.61. The van der Waals surface area contributed by atoms with Crippen molar-refractivity contribution in [3.8, 4) is 11.1 Å². The summed E-state index contributed by atoms with van der Waals surface area (Å²) >= 11 is 6.01. The van der Waals surface area contributed by atoms with Crippen molar-refractivity contribution in [3.05, 3.63) is 58.8 Å². The molecule has 3 nitrogen and oxygen atoms in total. The Morgan fingerprint density at radius 3 is 2.50 bits per heavy atom. The Morgan fingerprint density at radius 2 is 1.88 bits per heavy atom. The molecule has 0 bridgehead atoms. The van der Waals surface area contributed by atoms with Crippen molar-refractivity contribution in [2.24, 2.45) is 0 Å². The molecule has 0 unspecified atom stereocenters. The van der Waals surface area contributed by atoms with E-state index in [0.717, 1.165) is 24.8 Å². The number of benzene rings is 1. The first-order chi connectivity index (χ1) is 11.6. The zero-order valence-electron chi connectivity index (χ0n) is 12.7. The van der Waals surface area contributed by atoms with Crippen molar-refractivity contribution in [2.45, 2.75) is 25.3 Å². The third-order valence-corrected chi connectivity index (χ3v) is 4.81. The molecule has 24 heavy (non-hydrogen) atoms. The third kappa shape index (κ3) is 2.31. The minimum atomic E-state index is -0.676. The summed E-state index contributed by atoms with van der Waals surface area (Å²) < 4.78 is 30.3. The fraction of sp³-hybridized carbons (Fsp3) is 0.222. The van der Waals surface area contributed by atoms with E-state index in [9.17, 15) is 8.78 Å². The van der Waals surface area contributed by atoms with Gasteiger partial charge >= 0.3 is 0 Å². The Morgan fingerprint density at radius 1 is 1.17 bits per heavy atom. The zero-order chi connectivity index (χ0) is 16.8. The lowest BCUT2D eigenvalue weighted by Crippen LogP contribution is -2.30. The number of pyridine rings is 2. The number of nitrogens with zero attached hydrogens (tertiary/aromatic N) is 2. The normalized spacial score (nSPS) is 14.8. The number of halogens is 3. The van der Waals surface area contributed by atoms with Gasteiger partial charge in [-0.05, 0) is 43.5 Å². The van der Waals surface area contributed by atoms with Crippen LogP contribution in [-0.4, -0.2) is 9.55 Å². The molecule has 1 N–H and O–H groups in total. The van der Waals surface area contributed by atoms with Crippen molar-refractivity contribution in [1.29, 1.82) is 5.41 Å². The molecule has 0 atom stereocenters. The lowest BCUT2D eigenvalue weighted by Gasteiger charge is -2.30. The van der Waals surface area contributed by atoms with Gasteiger partial charge in [-0.3, -0.25) is 5.41 Å². The minimum absolute atomic E-state index is 0.0958. The van der Waals surface area contributed by atoms with Gasteiger partial charge in [-0.25, -0.2) is 13.8 Å². The highest BCUT2D eigenvalue weighted by Crippen LogP contribution is 2.35. The van der Waals surface area contributed by atoms with Crippen LogP contribution in [0.3, 0.4) is 0 Å². The summed E-state index contributed by atoms with van der Waals surface area (Å²) in [6, 6.07) is 7.19. The number of rotatable bonds is 2. The molecule has 0 spiro atoms. The van der Waals surface area contributed by atoms with E-state index in [1.807, 2.05) is 4.57 Å². The summed E-state index contributed by atoms with van der Waals surface area (Å²) in [7, 11) is 0. The van der Waals surface area contributed by atoms with Crippen LogP contribution in [0, 0.1) is 17.0 Å². The van der Waals surface area contributed by atoms with Crippen molar-refractivity contribution in [2.75, 3.05) is 0 Å². The monoisotopic (exact) mass is 345 g/mol. The van der Waals surface area contributed by atoms with Crippen LogP contribution < -0.4 is 5.49 Å².